The molecule has 2 aromatic heterocycles. The van der Waals surface area contributed by atoms with Gasteiger partial charge in [-0.2, -0.15) is 0 Å². The van der Waals surface area contributed by atoms with Crippen LogP contribution in [-0.2, 0) is 5.41 Å². The first-order valence-electron chi connectivity index (χ1n) is 16.4. The summed E-state index contributed by atoms with van der Waals surface area (Å²) in [6, 6.07) is 55.0. The summed E-state index contributed by atoms with van der Waals surface area (Å²) in [4.78, 5) is 0. The van der Waals surface area contributed by atoms with Gasteiger partial charge >= 0.3 is 0 Å². The van der Waals surface area contributed by atoms with Crippen LogP contribution in [0.15, 0.2) is 156 Å². The second-order valence-corrected chi connectivity index (χ2v) is 13.3. The molecule has 0 atom stereocenters. The first-order valence-corrected chi connectivity index (χ1v) is 16.4. The molecule has 1 aliphatic rings. The highest BCUT2D eigenvalue weighted by molar-refractivity contribution is 6.25. The average Bonchev–Trinajstić information content (AvgIpc) is 3.74. The van der Waals surface area contributed by atoms with Gasteiger partial charge in [-0.3, -0.25) is 0 Å². The summed E-state index contributed by atoms with van der Waals surface area (Å²) in [6.45, 7) is 4.65. The van der Waals surface area contributed by atoms with Gasteiger partial charge in [0.05, 0.1) is 16.4 Å². The number of hydrogen-bond donors (Lipinski definition) is 0. The zero-order valence-corrected chi connectivity index (χ0v) is 26.3. The van der Waals surface area contributed by atoms with E-state index in [-0.39, 0.29) is 5.41 Å². The first kappa shape index (κ1) is 26.4. The van der Waals surface area contributed by atoms with Crippen LogP contribution < -0.4 is 0 Å². The maximum Gasteiger partial charge on any atom is 0.145 e. The highest BCUT2D eigenvalue weighted by Crippen LogP contribution is 2.53. The highest BCUT2D eigenvalue weighted by atomic mass is 16.3. The van der Waals surface area contributed by atoms with Crippen LogP contribution in [0.3, 0.4) is 0 Å². The van der Waals surface area contributed by atoms with Crippen LogP contribution in [0.4, 0.5) is 0 Å². The number of rotatable bonds is 3. The number of para-hydroxylation sites is 1. The van der Waals surface area contributed by atoms with Crippen molar-refractivity contribution < 1.29 is 4.42 Å². The molecule has 9 aromatic rings. The Balaban J connectivity index is 1.29. The Bertz CT molecular complexity index is 2630. The van der Waals surface area contributed by atoms with Gasteiger partial charge in [0.1, 0.15) is 11.2 Å². The number of nitrogens with zero attached hydrogens (tertiary/aromatic N) is 1. The molecule has 0 aliphatic heterocycles. The van der Waals surface area contributed by atoms with E-state index in [1.165, 1.54) is 55.3 Å². The van der Waals surface area contributed by atoms with Gasteiger partial charge in [-0.15, -0.1) is 0 Å². The lowest BCUT2D eigenvalue weighted by Crippen LogP contribution is -2.14. The van der Waals surface area contributed by atoms with Gasteiger partial charge in [-0.1, -0.05) is 129 Å². The van der Waals surface area contributed by atoms with Crippen LogP contribution in [0.5, 0.6) is 0 Å². The summed E-state index contributed by atoms with van der Waals surface area (Å²) in [5.74, 6) is 0. The maximum absolute atomic E-state index is 7.09. The summed E-state index contributed by atoms with van der Waals surface area (Å²) in [5.41, 5.74) is 15.3. The van der Waals surface area contributed by atoms with Crippen molar-refractivity contribution in [2.24, 2.45) is 0 Å². The molecule has 0 bridgehead atoms. The van der Waals surface area contributed by atoms with E-state index in [9.17, 15) is 0 Å². The molecule has 222 valence electrons. The van der Waals surface area contributed by atoms with E-state index in [4.69, 9.17) is 4.42 Å². The van der Waals surface area contributed by atoms with Crippen LogP contribution in [0.1, 0.15) is 25.0 Å². The number of benzene rings is 7. The van der Waals surface area contributed by atoms with Gasteiger partial charge in [-0.25, -0.2) is 0 Å². The van der Waals surface area contributed by atoms with Crippen molar-refractivity contribution in [1.82, 2.24) is 4.57 Å². The lowest BCUT2D eigenvalue weighted by Gasteiger charge is -2.21. The molecule has 0 saturated heterocycles. The van der Waals surface area contributed by atoms with Gasteiger partial charge in [0, 0.05) is 32.8 Å². The normalized spacial score (nSPS) is 13.5. The van der Waals surface area contributed by atoms with E-state index in [1.54, 1.807) is 0 Å². The molecule has 0 spiro atoms. The van der Waals surface area contributed by atoms with Gasteiger partial charge < -0.3 is 8.98 Å². The van der Waals surface area contributed by atoms with Crippen LogP contribution in [0, 0.1) is 0 Å². The third-order valence-electron chi connectivity index (χ3n) is 10.4. The predicted molar refractivity (Wildman–Crippen MR) is 196 cm³/mol. The molecule has 0 fully saturated rings. The number of hydrogen-bond acceptors (Lipinski definition) is 1. The summed E-state index contributed by atoms with van der Waals surface area (Å²) < 4.78 is 9.50. The first-order chi connectivity index (χ1) is 23.1. The van der Waals surface area contributed by atoms with Crippen molar-refractivity contribution in [3.63, 3.8) is 0 Å². The summed E-state index contributed by atoms with van der Waals surface area (Å²) in [6.07, 6.45) is 0. The molecule has 7 aromatic carbocycles. The molecular weight excluding hydrogens is 571 g/mol. The molecule has 2 nitrogen and oxygen atoms in total. The van der Waals surface area contributed by atoms with Crippen molar-refractivity contribution in [3.05, 3.63) is 163 Å². The molecular formula is C45H31NO. The van der Waals surface area contributed by atoms with Crippen molar-refractivity contribution in [3.8, 4) is 39.1 Å². The summed E-state index contributed by atoms with van der Waals surface area (Å²) in [7, 11) is 0. The number of fused-ring (bicyclic) bond motifs is 11. The summed E-state index contributed by atoms with van der Waals surface area (Å²) in [5, 5.41) is 4.67. The van der Waals surface area contributed by atoms with Gasteiger partial charge in [0.25, 0.3) is 0 Å². The molecule has 0 radical (unpaired) electrons. The highest BCUT2D eigenvalue weighted by Gasteiger charge is 2.37. The summed E-state index contributed by atoms with van der Waals surface area (Å²) >= 11 is 0. The lowest BCUT2D eigenvalue weighted by atomic mass is 9.82. The number of furan rings is 1. The molecule has 0 amide bonds. The SMILES string of the molecule is CC1(C)c2ccccc2-c2c1ccc1c2oc2c1ccc1c2c2ccccc2n1-c1cc(-c2ccccc2)cc(-c2ccccc2)c1. The molecule has 1 aliphatic carbocycles. The third-order valence-corrected chi connectivity index (χ3v) is 10.4. The second kappa shape index (κ2) is 9.57. The average molecular weight is 602 g/mol. The zero-order chi connectivity index (χ0) is 31.3. The molecule has 2 heteroatoms. The monoisotopic (exact) mass is 601 g/mol. The predicted octanol–water partition coefficient (Wildman–Crippen LogP) is 12.3. The van der Waals surface area contributed by atoms with Crippen LogP contribution >= 0.6 is 0 Å². The minimum absolute atomic E-state index is 0.0787. The van der Waals surface area contributed by atoms with Crippen LogP contribution in [0.2, 0.25) is 0 Å². The Morgan fingerprint density at radius 1 is 0.468 bits per heavy atom. The molecule has 0 saturated carbocycles. The molecule has 0 N–H and O–H groups in total. The largest absolute Gasteiger partial charge is 0.455 e. The van der Waals surface area contributed by atoms with E-state index in [0.29, 0.717) is 0 Å². The topological polar surface area (TPSA) is 18.1 Å². The molecule has 10 rings (SSSR count). The fourth-order valence-corrected chi connectivity index (χ4v) is 8.14. The van der Waals surface area contributed by atoms with Crippen molar-refractivity contribution in [1.29, 1.82) is 0 Å². The minimum atomic E-state index is -0.0787. The molecule has 47 heavy (non-hydrogen) atoms. The maximum atomic E-state index is 7.09. The van der Waals surface area contributed by atoms with Crippen molar-refractivity contribution in [2.45, 2.75) is 19.3 Å². The zero-order valence-electron chi connectivity index (χ0n) is 26.3. The van der Waals surface area contributed by atoms with Gasteiger partial charge in [-0.05, 0) is 75.3 Å². The third kappa shape index (κ3) is 3.67. The van der Waals surface area contributed by atoms with Gasteiger partial charge in [0.2, 0.25) is 0 Å². The lowest BCUT2D eigenvalue weighted by molar-refractivity contribution is 0.654. The van der Waals surface area contributed by atoms with E-state index in [0.717, 1.165) is 38.7 Å². The Labute approximate surface area is 273 Å². The Morgan fingerprint density at radius 3 is 1.83 bits per heavy atom. The fourth-order valence-electron chi connectivity index (χ4n) is 8.14. The molecule has 0 unspecified atom stereocenters. The van der Waals surface area contributed by atoms with E-state index in [1.807, 2.05) is 0 Å². The number of aromatic nitrogens is 1. The molecule has 2 heterocycles. The minimum Gasteiger partial charge on any atom is -0.455 e. The van der Waals surface area contributed by atoms with Crippen LogP contribution in [0.25, 0.3) is 82.8 Å². The van der Waals surface area contributed by atoms with Crippen LogP contribution in [-0.4, -0.2) is 4.57 Å². The van der Waals surface area contributed by atoms with Crippen molar-refractivity contribution >= 4 is 43.7 Å². The van der Waals surface area contributed by atoms with Crippen molar-refractivity contribution in [2.75, 3.05) is 0 Å². The standard InChI is InChI=1S/C45H31NO/c1-45(2)37-19-11-9-17-35(37)41-38(45)23-21-33-34-22-24-40-42(44(34)47-43(33)41)36-18-10-12-20-39(36)46(40)32-26-30(28-13-5-3-6-14-28)25-31(27-32)29-15-7-4-8-16-29/h3-27H,1-2H3. The van der Waals surface area contributed by atoms with E-state index < -0.39 is 0 Å². The van der Waals surface area contributed by atoms with E-state index in [2.05, 4.69) is 170 Å². The Hall–Kier alpha value is -5.86. The quantitative estimate of drug-likeness (QED) is 0.197. The smallest absolute Gasteiger partial charge is 0.145 e. The Morgan fingerprint density at radius 2 is 1.09 bits per heavy atom. The second-order valence-electron chi connectivity index (χ2n) is 13.3. The van der Waals surface area contributed by atoms with Gasteiger partial charge in [0.15, 0.2) is 0 Å². The fraction of sp³-hybridized carbons (Fsp3) is 0.0667. The van der Waals surface area contributed by atoms with E-state index >= 15 is 0 Å². The Kier molecular flexibility index (Phi) is 5.37.